The summed E-state index contributed by atoms with van der Waals surface area (Å²) in [5, 5.41) is 24.3. The predicted octanol–water partition coefficient (Wildman–Crippen LogP) is 6.40. The summed E-state index contributed by atoms with van der Waals surface area (Å²) in [6.07, 6.45) is 14.0. The molecule has 7 rings (SSSR count). The van der Waals surface area contributed by atoms with Crippen LogP contribution in [0.2, 0.25) is 0 Å². The number of hydrogen-bond donors (Lipinski definition) is 2. The molecule has 0 radical (unpaired) electrons. The molecular formula is C37H51NO5. The van der Waals surface area contributed by atoms with Crippen LogP contribution in [0.3, 0.4) is 0 Å². The maximum absolute atomic E-state index is 13.6. The summed E-state index contributed by atoms with van der Waals surface area (Å²) in [5.41, 5.74) is 0.675. The van der Waals surface area contributed by atoms with Gasteiger partial charge in [-0.1, -0.05) is 18.4 Å². The molecule has 0 aromatic heterocycles. The van der Waals surface area contributed by atoms with Crippen molar-refractivity contribution in [2.75, 3.05) is 13.2 Å². The third kappa shape index (κ3) is 4.77. The van der Waals surface area contributed by atoms with Gasteiger partial charge in [0.25, 0.3) is 0 Å². The monoisotopic (exact) mass is 589 g/mol. The molecule has 6 fully saturated rings. The van der Waals surface area contributed by atoms with Crippen LogP contribution in [0.25, 0.3) is 4.85 Å². The second-order valence-electron chi connectivity index (χ2n) is 15.7. The van der Waals surface area contributed by atoms with Gasteiger partial charge in [0, 0.05) is 42.9 Å². The molecule has 6 aliphatic carbocycles. The molecular weight excluding hydrogens is 538 g/mol. The Morgan fingerprint density at radius 2 is 1.58 bits per heavy atom. The SMILES string of the molecule is [C-]#[N+]C1CCC(C(=O)C2CCC([C@H]3C[C@@]4(C)C(CC[C@@]4(O)C#CC)C4CC[C@@]5(O)CC6(CCC5=C43)OCCO6)CC2)CC1. The zero-order chi connectivity index (χ0) is 30.0. The van der Waals surface area contributed by atoms with Gasteiger partial charge in [0.05, 0.1) is 18.8 Å². The summed E-state index contributed by atoms with van der Waals surface area (Å²) in [7, 11) is 0. The number of carbonyl (C=O) groups excluding carboxylic acids is 1. The van der Waals surface area contributed by atoms with Crippen LogP contribution in [0, 0.1) is 59.3 Å². The van der Waals surface area contributed by atoms with Gasteiger partial charge in [-0.15, -0.1) is 5.92 Å². The van der Waals surface area contributed by atoms with E-state index in [2.05, 4.69) is 23.6 Å². The highest BCUT2D eigenvalue weighted by Gasteiger charge is 2.65. The fraction of sp³-hybridized carbons (Fsp3) is 0.838. The molecule has 6 nitrogen and oxygen atoms in total. The maximum atomic E-state index is 13.6. The van der Waals surface area contributed by atoms with Crippen molar-refractivity contribution in [2.24, 2.45) is 40.9 Å². The molecule has 6 heteroatoms. The first kappa shape index (κ1) is 30.0. The molecule has 5 saturated carbocycles. The van der Waals surface area contributed by atoms with Gasteiger partial charge in [0.15, 0.2) is 5.79 Å². The van der Waals surface area contributed by atoms with Gasteiger partial charge < -0.3 is 24.5 Å². The summed E-state index contributed by atoms with van der Waals surface area (Å²) in [6.45, 7) is 12.7. The van der Waals surface area contributed by atoms with E-state index in [-0.39, 0.29) is 23.3 Å². The van der Waals surface area contributed by atoms with Crippen LogP contribution in [0.5, 0.6) is 0 Å². The van der Waals surface area contributed by atoms with Gasteiger partial charge in [-0.3, -0.25) is 4.79 Å². The van der Waals surface area contributed by atoms with Gasteiger partial charge >= 0.3 is 0 Å². The molecule has 2 unspecified atom stereocenters. The van der Waals surface area contributed by atoms with Crippen molar-refractivity contribution in [1.29, 1.82) is 0 Å². The number of fused-ring (bicyclic) bond motifs is 4. The number of rotatable bonds is 3. The third-order valence-electron chi connectivity index (χ3n) is 13.8. The predicted molar refractivity (Wildman–Crippen MR) is 163 cm³/mol. The van der Waals surface area contributed by atoms with E-state index < -0.39 is 17.0 Å². The molecule has 234 valence electrons. The van der Waals surface area contributed by atoms with E-state index in [0.717, 1.165) is 96.3 Å². The Morgan fingerprint density at radius 3 is 2.23 bits per heavy atom. The lowest BCUT2D eigenvalue weighted by Crippen LogP contribution is -2.56. The van der Waals surface area contributed by atoms with Crippen LogP contribution in [-0.4, -0.2) is 52.2 Å². The van der Waals surface area contributed by atoms with Crippen molar-refractivity contribution in [1.82, 2.24) is 0 Å². The summed E-state index contributed by atoms with van der Waals surface area (Å²) in [5.74, 6) is 8.00. The van der Waals surface area contributed by atoms with Crippen molar-refractivity contribution in [3.8, 4) is 11.8 Å². The number of carbonyl (C=O) groups is 1. The Hall–Kier alpha value is -1.70. The standard InChI is InChI=1S/C37H51NO5/c1-4-16-36(41)18-14-30-28-13-17-35(40)23-37(42-20-21-43-37)19-15-31(35)32(28)29(22-34(30,36)2)24-5-7-25(8-6-24)33(39)26-9-11-27(38-3)12-10-26/h24-30,40-41H,5-15,17-23H2,1-2H3/t24?,25?,26?,27?,28?,29-,30?,34+,35-,36+/m1/s1. The normalized spacial score (nSPS) is 47.1. The molecule has 1 aliphatic heterocycles. The number of ketones is 1. The van der Waals surface area contributed by atoms with E-state index in [4.69, 9.17) is 16.0 Å². The van der Waals surface area contributed by atoms with Gasteiger partial charge in [-0.2, -0.15) is 0 Å². The Bertz CT molecular complexity index is 1250. The van der Waals surface area contributed by atoms with Crippen LogP contribution >= 0.6 is 0 Å². The van der Waals surface area contributed by atoms with Crippen LogP contribution in [0.1, 0.15) is 117 Å². The highest BCUT2D eigenvalue weighted by molar-refractivity contribution is 5.83. The molecule has 6 atom stereocenters. The number of nitrogens with zero attached hydrogens (tertiary/aromatic N) is 1. The van der Waals surface area contributed by atoms with Crippen LogP contribution in [0.4, 0.5) is 0 Å². The lowest BCUT2D eigenvalue weighted by atomic mass is 9.48. The van der Waals surface area contributed by atoms with Gasteiger partial charge in [-0.25, -0.2) is 6.57 Å². The Balaban J connectivity index is 1.17. The third-order valence-corrected chi connectivity index (χ3v) is 13.8. The molecule has 1 spiro atoms. The number of aliphatic hydroxyl groups is 2. The molecule has 1 saturated heterocycles. The average molecular weight is 590 g/mol. The lowest BCUT2D eigenvalue weighted by Gasteiger charge is -2.58. The zero-order valence-corrected chi connectivity index (χ0v) is 26.3. The summed E-state index contributed by atoms with van der Waals surface area (Å²) in [4.78, 5) is 17.3. The van der Waals surface area contributed by atoms with Crippen molar-refractivity contribution in [3.05, 3.63) is 22.6 Å². The Morgan fingerprint density at radius 1 is 0.907 bits per heavy atom. The molecule has 43 heavy (non-hydrogen) atoms. The molecule has 0 aromatic carbocycles. The summed E-state index contributed by atoms with van der Waals surface area (Å²) < 4.78 is 12.2. The first-order chi connectivity index (χ1) is 20.6. The minimum absolute atomic E-state index is 0.112. The number of ether oxygens (including phenoxy) is 2. The maximum Gasteiger partial charge on any atom is 0.223 e. The molecule has 7 aliphatic rings. The zero-order valence-electron chi connectivity index (χ0n) is 26.3. The molecule has 2 N–H and O–H groups in total. The molecule has 1 heterocycles. The smallest absolute Gasteiger partial charge is 0.223 e. The minimum atomic E-state index is -0.964. The van der Waals surface area contributed by atoms with Crippen LogP contribution in [0.15, 0.2) is 11.1 Å². The van der Waals surface area contributed by atoms with E-state index in [1.165, 1.54) is 11.1 Å². The molecule has 0 aromatic rings. The lowest BCUT2D eigenvalue weighted by molar-refractivity contribution is -0.208. The van der Waals surface area contributed by atoms with E-state index >= 15 is 0 Å². The number of hydrogen-bond acceptors (Lipinski definition) is 5. The average Bonchev–Trinajstić information content (AvgIpc) is 3.57. The highest BCUT2D eigenvalue weighted by Crippen LogP contribution is 2.68. The highest BCUT2D eigenvalue weighted by atomic mass is 16.7. The largest absolute Gasteiger partial charge is 0.385 e. The fourth-order valence-electron chi connectivity index (χ4n) is 11.5. The van der Waals surface area contributed by atoms with Crippen molar-refractivity contribution in [2.45, 2.75) is 140 Å². The van der Waals surface area contributed by atoms with Gasteiger partial charge in [-0.05, 0) is 113 Å². The van der Waals surface area contributed by atoms with Crippen molar-refractivity contribution < 1.29 is 24.5 Å². The van der Waals surface area contributed by atoms with Gasteiger partial charge in [0.2, 0.25) is 6.04 Å². The van der Waals surface area contributed by atoms with Crippen LogP contribution < -0.4 is 0 Å². The van der Waals surface area contributed by atoms with Crippen molar-refractivity contribution in [3.63, 3.8) is 0 Å². The Kier molecular flexibility index (Phi) is 7.65. The number of Topliss-reactive ketones (excluding diaryl/α,β-unsaturated/α-hetero) is 1. The Labute approximate surface area is 258 Å². The van der Waals surface area contributed by atoms with E-state index in [1.807, 2.05) is 6.92 Å². The van der Waals surface area contributed by atoms with E-state index in [0.29, 0.717) is 49.1 Å². The topological polar surface area (TPSA) is 80.4 Å². The van der Waals surface area contributed by atoms with Gasteiger partial charge in [0.1, 0.15) is 11.4 Å². The van der Waals surface area contributed by atoms with Crippen LogP contribution in [-0.2, 0) is 14.3 Å². The van der Waals surface area contributed by atoms with E-state index in [9.17, 15) is 15.0 Å². The fourth-order valence-corrected chi connectivity index (χ4v) is 11.5. The second kappa shape index (κ2) is 11.0. The number of allylic oxidation sites excluding steroid dienone is 1. The van der Waals surface area contributed by atoms with E-state index in [1.54, 1.807) is 0 Å². The summed E-state index contributed by atoms with van der Waals surface area (Å²) >= 11 is 0. The van der Waals surface area contributed by atoms with Crippen molar-refractivity contribution >= 4 is 5.78 Å². The minimum Gasteiger partial charge on any atom is -0.385 e. The molecule has 0 amide bonds. The quantitative estimate of drug-likeness (QED) is 0.226. The summed E-state index contributed by atoms with van der Waals surface area (Å²) in [6, 6.07) is 0.112. The molecule has 0 bridgehead atoms. The second-order valence-corrected chi connectivity index (χ2v) is 15.7. The first-order valence-corrected chi connectivity index (χ1v) is 17.4. The first-order valence-electron chi connectivity index (χ1n) is 17.4.